The van der Waals surface area contributed by atoms with Gasteiger partial charge >= 0.3 is 15.2 Å². The van der Waals surface area contributed by atoms with Crippen LogP contribution in [0.2, 0.25) is 5.28 Å². The first-order valence-electron chi connectivity index (χ1n) is 10.2. The lowest BCUT2D eigenvalue weighted by atomic mass is 10.2. The summed E-state index contributed by atoms with van der Waals surface area (Å²) >= 11 is 6.19. The largest absolute Gasteiger partial charge is 0.353 e. The van der Waals surface area contributed by atoms with Gasteiger partial charge in [0, 0.05) is 13.6 Å². The van der Waals surface area contributed by atoms with E-state index in [1.54, 1.807) is 0 Å². The van der Waals surface area contributed by atoms with Crippen LogP contribution in [0.5, 0.6) is 0 Å². The minimum Gasteiger partial charge on any atom is -0.353 e. The highest BCUT2D eigenvalue weighted by Gasteiger charge is 2.35. The normalized spacial score (nSPS) is 20.5. The number of rotatable bonds is 9. The zero-order chi connectivity index (χ0) is 24.5. The van der Waals surface area contributed by atoms with E-state index in [0.717, 1.165) is 5.56 Å². The topological polar surface area (TPSA) is 173 Å². The summed E-state index contributed by atoms with van der Waals surface area (Å²) in [6.07, 6.45) is -0.227. The molecule has 1 unspecified atom stereocenters. The average Bonchev–Trinajstić information content (AvgIpc) is 3.37. The van der Waals surface area contributed by atoms with Crippen LogP contribution >= 0.6 is 26.8 Å². The van der Waals surface area contributed by atoms with Crippen LogP contribution in [-0.4, -0.2) is 65.3 Å². The summed E-state index contributed by atoms with van der Waals surface area (Å²) in [5.74, 6) is -0.750. The first kappa shape index (κ1) is 25.2. The Hall–Kier alpha value is -1.95. The molecule has 0 spiro atoms. The standard InChI is InChI=1S/C18H23ClN6O7P2/c1-24(9-12-5-3-2-4-6-12)16-15-17(21-18(19)20-16)25(23-22-15)14-8-7-13(32-14)10-31-34(29,30)11-33(26,27)28/h2-6,13-14H,7-11H2,1H3,(H,29,30)(H2,26,27,28)/t13-,14+/m0/s1. The van der Waals surface area contributed by atoms with Gasteiger partial charge in [0.05, 0.1) is 12.7 Å². The van der Waals surface area contributed by atoms with Crippen molar-refractivity contribution in [3.63, 3.8) is 0 Å². The molecule has 1 saturated heterocycles. The van der Waals surface area contributed by atoms with Crippen molar-refractivity contribution >= 4 is 43.8 Å². The Kier molecular flexibility index (Phi) is 7.37. The lowest BCUT2D eigenvalue weighted by Gasteiger charge is -2.19. The van der Waals surface area contributed by atoms with E-state index in [4.69, 9.17) is 30.6 Å². The van der Waals surface area contributed by atoms with Gasteiger partial charge in [0.2, 0.25) is 5.28 Å². The van der Waals surface area contributed by atoms with Crippen molar-refractivity contribution in [2.24, 2.45) is 0 Å². The number of hydrogen-bond acceptors (Lipinski definition) is 9. The minimum atomic E-state index is -4.70. The van der Waals surface area contributed by atoms with E-state index in [1.165, 1.54) is 4.68 Å². The molecule has 0 radical (unpaired) electrons. The smallest absolute Gasteiger partial charge is 0.340 e. The zero-order valence-corrected chi connectivity index (χ0v) is 20.6. The Morgan fingerprint density at radius 1 is 1.21 bits per heavy atom. The highest BCUT2D eigenvalue weighted by molar-refractivity contribution is 7.70. The summed E-state index contributed by atoms with van der Waals surface area (Å²) in [4.78, 5) is 37.9. The maximum absolute atomic E-state index is 11.9. The number of nitrogens with zero attached hydrogens (tertiary/aromatic N) is 6. The number of benzene rings is 1. The van der Waals surface area contributed by atoms with Gasteiger partial charge in [-0.05, 0) is 30.0 Å². The van der Waals surface area contributed by atoms with Crippen molar-refractivity contribution in [1.29, 1.82) is 0 Å². The molecule has 3 aromatic rings. The number of fused-ring (bicyclic) bond motifs is 1. The monoisotopic (exact) mass is 532 g/mol. The molecule has 3 N–H and O–H groups in total. The zero-order valence-electron chi connectivity index (χ0n) is 18.0. The second kappa shape index (κ2) is 9.96. The summed E-state index contributed by atoms with van der Waals surface area (Å²) < 4.78 is 35.0. The number of hydrogen-bond donors (Lipinski definition) is 3. The van der Waals surface area contributed by atoms with Gasteiger partial charge in [-0.3, -0.25) is 9.13 Å². The molecular weight excluding hydrogens is 510 g/mol. The molecule has 3 heterocycles. The Morgan fingerprint density at radius 3 is 2.65 bits per heavy atom. The molecule has 0 amide bonds. The van der Waals surface area contributed by atoms with E-state index >= 15 is 0 Å². The highest BCUT2D eigenvalue weighted by Crippen LogP contribution is 2.55. The van der Waals surface area contributed by atoms with Crippen LogP contribution in [0.3, 0.4) is 0 Å². The Morgan fingerprint density at radius 2 is 1.94 bits per heavy atom. The van der Waals surface area contributed by atoms with Crippen LogP contribution in [0, 0.1) is 0 Å². The van der Waals surface area contributed by atoms with Gasteiger partial charge in [0.1, 0.15) is 0 Å². The SMILES string of the molecule is CN(Cc1ccccc1)c1nc(Cl)nc2c1nnn2[C@H]1CC[C@@H](COP(=O)(O)CP(=O)(O)O)O1. The average molecular weight is 533 g/mol. The number of aromatic nitrogens is 5. The Bertz CT molecular complexity index is 1260. The van der Waals surface area contributed by atoms with Crippen LogP contribution in [0.15, 0.2) is 30.3 Å². The van der Waals surface area contributed by atoms with E-state index in [0.29, 0.717) is 36.4 Å². The van der Waals surface area contributed by atoms with Gasteiger partial charge in [-0.25, -0.2) is 0 Å². The summed E-state index contributed by atoms with van der Waals surface area (Å²) in [5.41, 5.74) is 1.88. The van der Waals surface area contributed by atoms with Crippen LogP contribution in [0.25, 0.3) is 11.2 Å². The van der Waals surface area contributed by atoms with Crippen molar-refractivity contribution in [1.82, 2.24) is 25.0 Å². The van der Waals surface area contributed by atoms with Gasteiger partial charge in [-0.15, -0.1) is 5.10 Å². The summed E-state index contributed by atoms with van der Waals surface area (Å²) in [6, 6.07) is 9.81. The third-order valence-electron chi connectivity index (χ3n) is 5.09. The fraction of sp³-hybridized carbons (Fsp3) is 0.444. The minimum absolute atomic E-state index is 0.0162. The number of anilines is 1. The van der Waals surface area contributed by atoms with Gasteiger partial charge < -0.3 is 28.8 Å². The molecule has 1 aliphatic heterocycles. The molecule has 0 saturated carbocycles. The van der Waals surface area contributed by atoms with Crippen molar-refractivity contribution in [3.8, 4) is 0 Å². The van der Waals surface area contributed by atoms with Gasteiger partial charge in [0.25, 0.3) is 0 Å². The summed E-state index contributed by atoms with van der Waals surface area (Å²) in [7, 11) is -7.30. The summed E-state index contributed by atoms with van der Waals surface area (Å²) in [5, 5.41) is 8.41. The maximum atomic E-state index is 11.9. The molecule has 16 heteroatoms. The fourth-order valence-electron chi connectivity index (χ4n) is 3.64. The predicted molar refractivity (Wildman–Crippen MR) is 123 cm³/mol. The maximum Gasteiger partial charge on any atom is 0.340 e. The molecular formula is C18H23ClN6O7P2. The third-order valence-corrected chi connectivity index (χ3v) is 8.71. The molecule has 1 aliphatic rings. The molecule has 4 rings (SSSR count). The van der Waals surface area contributed by atoms with E-state index < -0.39 is 33.4 Å². The van der Waals surface area contributed by atoms with Crippen LogP contribution < -0.4 is 4.90 Å². The lowest BCUT2D eigenvalue weighted by molar-refractivity contribution is -0.0239. The van der Waals surface area contributed by atoms with E-state index in [-0.39, 0.29) is 11.9 Å². The van der Waals surface area contributed by atoms with Crippen molar-refractivity contribution < 1.29 is 33.1 Å². The molecule has 2 aromatic heterocycles. The number of halogens is 1. The van der Waals surface area contributed by atoms with E-state index in [2.05, 4.69) is 20.3 Å². The van der Waals surface area contributed by atoms with E-state index in [9.17, 15) is 14.0 Å². The van der Waals surface area contributed by atoms with Gasteiger partial charge in [0.15, 0.2) is 29.1 Å². The molecule has 1 fully saturated rings. The fourth-order valence-corrected chi connectivity index (χ4v) is 6.39. The van der Waals surface area contributed by atoms with Crippen LogP contribution in [-0.2, 0) is 24.9 Å². The molecule has 13 nitrogen and oxygen atoms in total. The predicted octanol–water partition coefficient (Wildman–Crippen LogP) is 2.53. The molecule has 3 atom stereocenters. The molecule has 1 aromatic carbocycles. The Labute approximate surface area is 199 Å². The first-order valence-corrected chi connectivity index (χ1v) is 14.1. The molecule has 34 heavy (non-hydrogen) atoms. The Balaban J connectivity index is 1.48. The summed E-state index contributed by atoms with van der Waals surface area (Å²) in [6.45, 7) is 0.253. The quantitative estimate of drug-likeness (QED) is 0.272. The van der Waals surface area contributed by atoms with Crippen molar-refractivity contribution in [3.05, 3.63) is 41.2 Å². The first-order chi connectivity index (χ1) is 16.0. The van der Waals surface area contributed by atoms with Gasteiger partial charge in [-0.1, -0.05) is 35.5 Å². The van der Waals surface area contributed by atoms with Crippen molar-refractivity contribution in [2.45, 2.75) is 31.7 Å². The third kappa shape index (κ3) is 6.18. The van der Waals surface area contributed by atoms with Crippen LogP contribution in [0.1, 0.15) is 24.6 Å². The van der Waals surface area contributed by atoms with Gasteiger partial charge in [-0.2, -0.15) is 14.6 Å². The molecule has 0 bridgehead atoms. The second-order valence-corrected chi connectivity index (χ2v) is 12.2. The molecule has 184 valence electrons. The lowest BCUT2D eigenvalue weighted by Crippen LogP contribution is -2.19. The van der Waals surface area contributed by atoms with Crippen molar-refractivity contribution in [2.75, 3.05) is 24.5 Å². The van der Waals surface area contributed by atoms with E-state index in [1.807, 2.05) is 42.3 Å². The molecule has 0 aliphatic carbocycles. The van der Waals surface area contributed by atoms with Crippen LogP contribution in [0.4, 0.5) is 5.82 Å². The number of ether oxygens (including phenoxy) is 1. The highest BCUT2D eigenvalue weighted by atomic mass is 35.5. The second-order valence-electron chi connectivity index (χ2n) is 7.89.